The van der Waals surface area contributed by atoms with E-state index in [2.05, 4.69) is 4.90 Å². The molecule has 108 valence electrons. The Morgan fingerprint density at radius 3 is 2.85 bits per heavy atom. The lowest BCUT2D eigenvalue weighted by atomic mass is 10.2. The molecule has 20 heavy (non-hydrogen) atoms. The highest BCUT2D eigenvalue weighted by atomic mass is 32.1. The molecule has 1 aliphatic heterocycles. The minimum atomic E-state index is -0.908. The number of hydrogen-bond donors (Lipinski definition) is 1. The standard InChI is InChI=1S/C14H18N2O3S/c17-13(18)4-3-11-14(10-1-2-10)15-12(20-11)9-16-5-7-19-8-6-16/h3-4,10H,1-2,5-9H2,(H,17,18)/b4-3+. The third-order valence-corrected chi connectivity index (χ3v) is 4.55. The Kier molecular flexibility index (Phi) is 4.14. The topological polar surface area (TPSA) is 62.7 Å². The van der Waals surface area contributed by atoms with Gasteiger partial charge in [-0.1, -0.05) is 0 Å². The number of carboxylic acids is 1. The number of carbonyl (C=O) groups is 1. The van der Waals surface area contributed by atoms with Gasteiger partial charge in [-0.3, -0.25) is 4.90 Å². The highest BCUT2D eigenvalue weighted by molar-refractivity contribution is 7.12. The van der Waals surface area contributed by atoms with Gasteiger partial charge in [0.15, 0.2) is 0 Å². The van der Waals surface area contributed by atoms with Crippen molar-refractivity contribution in [3.8, 4) is 0 Å². The number of ether oxygens (including phenoxy) is 1. The Bertz CT molecular complexity index is 516. The molecule has 1 aromatic heterocycles. The van der Waals surface area contributed by atoms with E-state index in [0.717, 1.165) is 48.4 Å². The molecule has 0 radical (unpaired) electrons. The van der Waals surface area contributed by atoms with Crippen LogP contribution in [0.2, 0.25) is 0 Å². The highest BCUT2D eigenvalue weighted by Crippen LogP contribution is 2.43. The molecule has 2 heterocycles. The van der Waals surface area contributed by atoms with E-state index in [1.807, 2.05) is 0 Å². The molecular formula is C14H18N2O3S. The minimum Gasteiger partial charge on any atom is -0.478 e. The molecule has 1 aliphatic carbocycles. The summed E-state index contributed by atoms with van der Waals surface area (Å²) in [4.78, 5) is 18.8. The second-order valence-corrected chi connectivity index (χ2v) is 6.31. The Balaban J connectivity index is 1.74. The maximum Gasteiger partial charge on any atom is 0.328 e. The van der Waals surface area contributed by atoms with Crippen molar-refractivity contribution in [2.75, 3.05) is 26.3 Å². The summed E-state index contributed by atoms with van der Waals surface area (Å²) in [5.74, 6) is -0.368. The molecule has 0 spiro atoms. The van der Waals surface area contributed by atoms with Crippen molar-refractivity contribution >= 4 is 23.4 Å². The van der Waals surface area contributed by atoms with Crippen LogP contribution in [0, 0.1) is 0 Å². The molecule has 1 N–H and O–H groups in total. The van der Waals surface area contributed by atoms with Gasteiger partial charge in [-0.25, -0.2) is 9.78 Å². The molecule has 2 fully saturated rings. The van der Waals surface area contributed by atoms with E-state index in [1.54, 1.807) is 17.4 Å². The maximum atomic E-state index is 10.7. The minimum absolute atomic E-state index is 0.540. The quantitative estimate of drug-likeness (QED) is 0.841. The summed E-state index contributed by atoms with van der Waals surface area (Å²) in [5.41, 5.74) is 1.09. The van der Waals surface area contributed by atoms with Crippen LogP contribution in [0.5, 0.6) is 0 Å². The molecule has 5 nitrogen and oxygen atoms in total. The van der Waals surface area contributed by atoms with Gasteiger partial charge in [0, 0.05) is 25.1 Å². The summed E-state index contributed by atoms with van der Waals surface area (Å²) in [6, 6.07) is 0. The van der Waals surface area contributed by atoms with Crippen LogP contribution in [-0.4, -0.2) is 47.3 Å². The van der Waals surface area contributed by atoms with Crippen LogP contribution in [0.25, 0.3) is 6.08 Å². The smallest absolute Gasteiger partial charge is 0.328 e. The average molecular weight is 294 g/mol. The molecule has 1 aromatic rings. The van der Waals surface area contributed by atoms with Crippen LogP contribution in [0.3, 0.4) is 0 Å². The predicted molar refractivity (Wildman–Crippen MR) is 76.9 cm³/mol. The van der Waals surface area contributed by atoms with Crippen LogP contribution in [-0.2, 0) is 16.1 Å². The molecule has 0 atom stereocenters. The first-order valence-electron chi connectivity index (χ1n) is 6.93. The van der Waals surface area contributed by atoms with Gasteiger partial charge in [0.2, 0.25) is 0 Å². The number of rotatable bonds is 5. The van der Waals surface area contributed by atoms with Crippen LogP contribution in [0.4, 0.5) is 0 Å². The van der Waals surface area contributed by atoms with Crippen molar-refractivity contribution in [2.45, 2.75) is 25.3 Å². The molecule has 2 aliphatic rings. The summed E-state index contributed by atoms with van der Waals surface area (Å²) < 4.78 is 5.34. The second-order valence-electron chi connectivity index (χ2n) is 5.19. The normalized spacial score (nSPS) is 20.6. The van der Waals surface area contributed by atoms with Crippen LogP contribution in [0.15, 0.2) is 6.08 Å². The van der Waals surface area contributed by atoms with Crippen LogP contribution in [0.1, 0.15) is 34.3 Å². The van der Waals surface area contributed by atoms with E-state index in [0.29, 0.717) is 5.92 Å². The van der Waals surface area contributed by atoms with E-state index in [9.17, 15) is 4.79 Å². The molecular weight excluding hydrogens is 276 g/mol. The van der Waals surface area contributed by atoms with Gasteiger partial charge in [0.25, 0.3) is 0 Å². The lowest BCUT2D eigenvalue weighted by molar-refractivity contribution is -0.131. The second kappa shape index (κ2) is 6.03. The largest absolute Gasteiger partial charge is 0.478 e. The maximum absolute atomic E-state index is 10.7. The Morgan fingerprint density at radius 1 is 1.45 bits per heavy atom. The third-order valence-electron chi connectivity index (χ3n) is 3.53. The number of aliphatic carboxylic acids is 1. The van der Waals surface area contributed by atoms with E-state index < -0.39 is 5.97 Å². The molecule has 3 rings (SSSR count). The number of morpholine rings is 1. The Morgan fingerprint density at radius 2 is 2.20 bits per heavy atom. The number of aromatic nitrogens is 1. The summed E-state index contributed by atoms with van der Waals surface area (Å²) >= 11 is 1.62. The van der Waals surface area contributed by atoms with Crippen LogP contribution >= 0.6 is 11.3 Å². The third kappa shape index (κ3) is 3.45. The number of hydrogen-bond acceptors (Lipinski definition) is 5. The fraction of sp³-hybridized carbons (Fsp3) is 0.571. The van der Waals surface area contributed by atoms with Gasteiger partial charge in [-0.15, -0.1) is 11.3 Å². The van der Waals surface area contributed by atoms with E-state index in [4.69, 9.17) is 14.8 Å². The zero-order chi connectivity index (χ0) is 13.9. The van der Waals surface area contributed by atoms with E-state index in [-0.39, 0.29) is 0 Å². The van der Waals surface area contributed by atoms with Crippen molar-refractivity contribution in [3.05, 3.63) is 21.7 Å². The monoisotopic (exact) mass is 294 g/mol. The van der Waals surface area contributed by atoms with Crippen molar-refractivity contribution in [2.24, 2.45) is 0 Å². The molecule has 1 saturated heterocycles. The Hall–Kier alpha value is -1.24. The molecule has 0 unspecified atom stereocenters. The SMILES string of the molecule is O=C(O)/C=C/c1sc(CN2CCOCC2)nc1C1CC1. The van der Waals surface area contributed by atoms with Gasteiger partial charge < -0.3 is 9.84 Å². The van der Waals surface area contributed by atoms with Crippen molar-refractivity contribution in [1.29, 1.82) is 0 Å². The Labute approximate surface area is 121 Å². The lowest BCUT2D eigenvalue weighted by Gasteiger charge is -2.25. The number of carboxylic acid groups (broad SMARTS) is 1. The summed E-state index contributed by atoms with van der Waals surface area (Å²) in [7, 11) is 0. The number of thiazole rings is 1. The lowest BCUT2D eigenvalue weighted by Crippen LogP contribution is -2.35. The molecule has 6 heteroatoms. The van der Waals surface area contributed by atoms with Crippen molar-refractivity contribution < 1.29 is 14.6 Å². The number of nitrogens with zero attached hydrogens (tertiary/aromatic N) is 2. The van der Waals surface area contributed by atoms with Gasteiger partial charge in [-0.05, 0) is 18.9 Å². The van der Waals surface area contributed by atoms with Gasteiger partial charge in [0.1, 0.15) is 5.01 Å². The highest BCUT2D eigenvalue weighted by Gasteiger charge is 2.29. The molecule has 0 aromatic carbocycles. The molecule has 0 amide bonds. The van der Waals surface area contributed by atoms with E-state index in [1.165, 1.54) is 18.9 Å². The van der Waals surface area contributed by atoms with Crippen molar-refractivity contribution in [1.82, 2.24) is 9.88 Å². The average Bonchev–Trinajstić information content (AvgIpc) is 3.20. The van der Waals surface area contributed by atoms with Gasteiger partial charge in [0.05, 0.1) is 30.3 Å². The zero-order valence-electron chi connectivity index (χ0n) is 11.2. The van der Waals surface area contributed by atoms with Crippen LogP contribution < -0.4 is 0 Å². The fourth-order valence-electron chi connectivity index (χ4n) is 2.33. The zero-order valence-corrected chi connectivity index (χ0v) is 12.1. The summed E-state index contributed by atoms with van der Waals surface area (Å²) in [5, 5.41) is 9.85. The summed E-state index contributed by atoms with van der Waals surface area (Å²) in [6.07, 6.45) is 5.25. The summed E-state index contributed by atoms with van der Waals surface area (Å²) in [6.45, 7) is 4.30. The van der Waals surface area contributed by atoms with Gasteiger partial charge in [-0.2, -0.15) is 0 Å². The van der Waals surface area contributed by atoms with Crippen molar-refractivity contribution in [3.63, 3.8) is 0 Å². The first kappa shape index (κ1) is 13.7. The molecule has 1 saturated carbocycles. The van der Waals surface area contributed by atoms with E-state index >= 15 is 0 Å². The predicted octanol–water partition coefficient (Wildman–Crippen LogP) is 1.95. The fourth-order valence-corrected chi connectivity index (χ4v) is 3.42. The first-order chi connectivity index (χ1) is 9.72. The van der Waals surface area contributed by atoms with Gasteiger partial charge >= 0.3 is 5.97 Å². The first-order valence-corrected chi connectivity index (χ1v) is 7.75. The molecule has 0 bridgehead atoms.